The average molecular weight is 380 g/mol. The van der Waals surface area contributed by atoms with Crippen LogP contribution in [-0.4, -0.2) is 66.2 Å². The van der Waals surface area contributed by atoms with Gasteiger partial charge in [0, 0.05) is 32.6 Å². The highest BCUT2D eigenvalue weighted by molar-refractivity contribution is 5.77. The van der Waals surface area contributed by atoms with Crippen LogP contribution >= 0.6 is 0 Å². The number of anilines is 1. The summed E-state index contributed by atoms with van der Waals surface area (Å²) in [5, 5.41) is 8.70. The topological polar surface area (TPSA) is 52.6 Å². The second-order valence-electron chi connectivity index (χ2n) is 8.39. The third-order valence-electron chi connectivity index (χ3n) is 6.22. The van der Waals surface area contributed by atoms with Crippen molar-refractivity contribution in [3.8, 4) is 0 Å². The monoisotopic (exact) mass is 379 g/mol. The number of hydrogen-bond donors (Lipinski definition) is 0. The third kappa shape index (κ3) is 3.61. The largest absolute Gasteiger partial charge is 0.350 e. The zero-order valence-corrected chi connectivity index (χ0v) is 17.1. The fourth-order valence-electron chi connectivity index (χ4n) is 4.51. The van der Waals surface area contributed by atoms with Crippen LogP contribution in [0, 0.1) is 6.92 Å². The number of aromatic nitrogens is 2. The summed E-state index contributed by atoms with van der Waals surface area (Å²) >= 11 is 0. The molecule has 2 aliphatic heterocycles. The lowest BCUT2D eigenvalue weighted by atomic mass is 9.69. The number of likely N-dealkylation sites (tertiary alicyclic amines) is 1. The van der Waals surface area contributed by atoms with E-state index < -0.39 is 0 Å². The van der Waals surface area contributed by atoms with Crippen molar-refractivity contribution in [3.63, 3.8) is 0 Å². The minimum Gasteiger partial charge on any atom is -0.350 e. The molecule has 0 bridgehead atoms. The molecule has 1 aromatic heterocycles. The van der Waals surface area contributed by atoms with E-state index in [4.69, 9.17) is 0 Å². The molecule has 0 aliphatic carbocycles. The smallest absolute Gasteiger partial charge is 0.236 e. The normalized spacial score (nSPS) is 18.8. The Kier molecular flexibility index (Phi) is 5.06. The van der Waals surface area contributed by atoms with E-state index in [1.807, 2.05) is 27.1 Å². The molecule has 148 valence electrons. The van der Waals surface area contributed by atoms with Crippen LogP contribution < -0.4 is 4.90 Å². The Hall–Kier alpha value is -2.47. The predicted molar refractivity (Wildman–Crippen MR) is 110 cm³/mol. The van der Waals surface area contributed by atoms with Crippen LogP contribution in [0.25, 0.3) is 0 Å². The Bertz CT molecular complexity index is 840. The number of piperidine rings is 1. The lowest BCUT2D eigenvalue weighted by Gasteiger charge is -2.49. The average Bonchev–Trinajstić information content (AvgIpc) is 2.70. The van der Waals surface area contributed by atoms with Crippen LogP contribution in [-0.2, 0) is 16.8 Å². The predicted octanol–water partition coefficient (Wildman–Crippen LogP) is 2.23. The third-order valence-corrected chi connectivity index (χ3v) is 6.22. The number of rotatable bonds is 3. The molecule has 6 nitrogen and oxygen atoms in total. The second kappa shape index (κ2) is 7.51. The molecule has 6 heteroatoms. The van der Waals surface area contributed by atoms with Gasteiger partial charge in [-0.05, 0) is 56.1 Å². The molecule has 1 fully saturated rings. The van der Waals surface area contributed by atoms with E-state index in [-0.39, 0.29) is 11.3 Å². The van der Waals surface area contributed by atoms with Crippen molar-refractivity contribution in [2.75, 3.05) is 45.2 Å². The Labute approximate surface area is 167 Å². The molecule has 0 unspecified atom stereocenters. The summed E-state index contributed by atoms with van der Waals surface area (Å²) in [6.07, 6.45) is 2.11. The molecule has 0 N–H and O–H groups in total. The zero-order valence-electron chi connectivity index (χ0n) is 17.1. The van der Waals surface area contributed by atoms with Crippen molar-refractivity contribution in [1.29, 1.82) is 0 Å². The summed E-state index contributed by atoms with van der Waals surface area (Å²) in [4.78, 5) is 18.4. The highest BCUT2D eigenvalue weighted by atomic mass is 16.2. The van der Waals surface area contributed by atoms with Crippen molar-refractivity contribution in [1.82, 2.24) is 20.0 Å². The maximum Gasteiger partial charge on any atom is 0.236 e. The van der Waals surface area contributed by atoms with E-state index in [9.17, 15) is 4.79 Å². The Morgan fingerprint density at radius 2 is 1.86 bits per heavy atom. The van der Waals surface area contributed by atoms with Gasteiger partial charge in [-0.25, -0.2) is 0 Å². The number of aryl methyl sites for hydroxylation is 1. The molecule has 3 heterocycles. The van der Waals surface area contributed by atoms with Crippen molar-refractivity contribution in [2.45, 2.75) is 31.7 Å². The van der Waals surface area contributed by atoms with Gasteiger partial charge in [0.2, 0.25) is 5.91 Å². The molecular weight excluding hydrogens is 350 g/mol. The highest BCUT2D eigenvalue weighted by Crippen LogP contribution is 2.42. The standard InChI is InChI=1S/C22H29N5O/c1-17-8-9-20(24-23-17)27-14-18-6-4-5-7-19(18)22(16-27)10-12-26(13-11-22)15-21(28)25(2)3/h4-9H,10-16H2,1-3H3. The molecule has 1 saturated heterocycles. The van der Waals surface area contributed by atoms with E-state index in [2.05, 4.69) is 50.3 Å². The minimum absolute atomic E-state index is 0.110. The van der Waals surface area contributed by atoms with Gasteiger partial charge in [0.05, 0.1) is 12.2 Å². The molecule has 2 aromatic rings. The SMILES string of the molecule is Cc1ccc(N2Cc3ccccc3C3(CCN(CC(=O)N(C)C)CC3)C2)nn1. The summed E-state index contributed by atoms with van der Waals surface area (Å²) in [6, 6.07) is 12.9. The van der Waals surface area contributed by atoms with Gasteiger partial charge in [0.25, 0.3) is 0 Å². The number of fused-ring (bicyclic) bond motifs is 2. The van der Waals surface area contributed by atoms with Crippen LogP contribution in [0.15, 0.2) is 36.4 Å². The number of amides is 1. The highest BCUT2D eigenvalue weighted by Gasteiger charge is 2.42. The van der Waals surface area contributed by atoms with Crippen molar-refractivity contribution in [3.05, 3.63) is 53.2 Å². The van der Waals surface area contributed by atoms with Gasteiger partial charge >= 0.3 is 0 Å². The van der Waals surface area contributed by atoms with Gasteiger partial charge in [-0.15, -0.1) is 5.10 Å². The minimum atomic E-state index is 0.110. The maximum absolute atomic E-state index is 12.1. The lowest BCUT2D eigenvalue weighted by Crippen LogP contribution is -2.53. The van der Waals surface area contributed by atoms with E-state index >= 15 is 0 Å². The Morgan fingerprint density at radius 3 is 2.54 bits per heavy atom. The van der Waals surface area contributed by atoms with E-state index in [0.29, 0.717) is 6.54 Å². The van der Waals surface area contributed by atoms with Crippen LogP contribution in [0.2, 0.25) is 0 Å². The fraction of sp³-hybridized carbons (Fsp3) is 0.500. The summed E-state index contributed by atoms with van der Waals surface area (Å²) in [5.41, 5.74) is 3.91. The Morgan fingerprint density at radius 1 is 1.11 bits per heavy atom. The zero-order chi connectivity index (χ0) is 19.7. The van der Waals surface area contributed by atoms with Gasteiger partial charge in [-0.2, -0.15) is 5.10 Å². The van der Waals surface area contributed by atoms with Crippen LogP contribution in [0.1, 0.15) is 29.7 Å². The summed E-state index contributed by atoms with van der Waals surface area (Å²) in [5.74, 6) is 1.13. The summed E-state index contributed by atoms with van der Waals surface area (Å²) in [7, 11) is 3.65. The number of carbonyl (C=O) groups excluding carboxylic acids is 1. The van der Waals surface area contributed by atoms with Gasteiger partial charge in [0.1, 0.15) is 0 Å². The maximum atomic E-state index is 12.1. The number of hydrogen-bond acceptors (Lipinski definition) is 5. The first-order valence-electron chi connectivity index (χ1n) is 10.0. The first-order chi connectivity index (χ1) is 13.5. The number of carbonyl (C=O) groups is 1. The van der Waals surface area contributed by atoms with E-state index in [1.54, 1.807) is 4.90 Å². The lowest BCUT2D eigenvalue weighted by molar-refractivity contribution is -0.130. The number of likely N-dealkylation sites (N-methyl/N-ethyl adjacent to an activating group) is 1. The molecule has 1 spiro atoms. The fourth-order valence-corrected chi connectivity index (χ4v) is 4.51. The van der Waals surface area contributed by atoms with Crippen LogP contribution in [0.4, 0.5) is 5.82 Å². The first kappa shape index (κ1) is 18.9. The quantitative estimate of drug-likeness (QED) is 0.819. The number of benzene rings is 1. The second-order valence-corrected chi connectivity index (χ2v) is 8.39. The van der Waals surface area contributed by atoms with Crippen molar-refractivity contribution >= 4 is 11.7 Å². The molecule has 1 amide bonds. The van der Waals surface area contributed by atoms with Gasteiger partial charge in [-0.3, -0.25) is 9.69 Å². The molecule has 0 radical (unpaired) electrons. The molecular formula is C22H29N5O. The van der Waals surface area contributed by atoms with Gasteiger partial charge < -0.3 is 9.80 Å². The molecule has 0 atom stereocenters. The van der Waals surface area contributed by atoms with Crippen molar-refractivity contribution < 1.29 is 4.79 Å². The van der Waals surface area contributed by atoms with E-state index in [1.165, 1.54) is 11.1 Å². The molecule has 4 rings (SSSR count). The van der Waals surface area contributed by atoms with Crippen molar-refractivity contribution in [2.24, 2.45) is 0 Å². The van der Waals surface area contributed by atoms with Gasteiger partial charge in [0.15, 0.2) is 5.82 Å². The molecule has 2 aliphatic rings. The van der Waals surface area contributed by atoms with Gasteiger partial charge in [-0.1, -0.05) is 24.3 Å². The Balaban J connectivity index is 1.57. The summed E-state index contributed by atoms with van der Waals surface area (Å²) < 4.78 is 0. The van der Waals surface area contributed by atoms with E-state index in [0.717, 1.165) is 50.5 Å². The molecule has 0 saturated carbocycles. The molecule has 1 aromatic carbocycles. The number of nitrogens with zero attached hydrogens (tertiary/aromatic N) is 5. The summed E-state index contributed by atoms with van der Waals surface area (Å²) in [6.45, 7) is 6.20. The molecule has 28 heavy (non-hydrogen) atoms. The van der Waals surface area contributed by atoms with Crippen LogP contribution in [0.3, 0.4) is 0 Å². The first-order valence-corrected chi connectivity index (χ1v) is 10.0. The van der Waals surface area contributed by atoms with Crippen LogP contribution in [0.5, 0.6) is 0 Å².